The van der Waals surface area contributed by atoms with Crippen LogP contribution in [0, 0.1) is 28.9 Å². The summed E-state index contributed by atoms with van der Waals surface area (Å²) in [7, 11) is 0. The standard InChI is InChI=1S/C29H33FN6O3/c1-16(2)36-22(13-14-31-36)28(37)34-25(24(17-5-6-17)18-7-8-18)29(38)33-23-12-11-21(27(30)32-23)20-4-3-15-35(39)26(20)19-9-10-19/h3-4,11-19,24-25H,5-10H2,1-2H3,(H,34,37)(H,32,33,38)/t25-/m0/s1. The monoisotopic (exact) mass is 532 g/mol. The minimum atomic E-state index is -0.771. The molecule has 6 rings (SSSR count). The van der Waals surface area contributed by atoms with Crippen LogP contribution in [0.5, 0.6) is 0 Å². The number of nitrogens with one attached hydrogen (secondary N) is 2. The Morgan fingerprint density at radius 2 is 1.77 bits per heavy atom. The number of rotatable bonds is 10. The van der Waals surface area contributed by atoms with E-state index < -0.39 is 17.9 Å². The van der Waals surface area contributed by atoms with Gasteiger partial charge in [-0.1, -0.05) is 0 Å². The highest BCUT2D eigenvalue weighted by Gasteiger charge is 2.48. The molecule has 0 spiro atoms. The number of aromatic nitrogens is 4. The van der Waals surface area contributed by atoms with Gasteiger partial charge in [-0.15, -0.1) is 0 Å². The van der Waals surface area contributed by atoms with Gasteiger partial charge in [0.05, 0.1) is 5.56 Å². The highest BCUT2D eigenvalue weighted by molar-refractivity contribution is 6.00. The Morgan fingerprint density at radius 3 is 2.38 bits per heavy atom. The fraction of sp³-hybridized carbons (Fsp3) is 0.483. The second kappa shape index (κ2) is 10.1. The molecule has 0 unspecified atom stereocenters. The lowest BCUT2D eigenvalue weighted by molar-refractivity contribution is -0.613. The first-order valence-corrected chi connectivity index (χ1v) is 13.9. The van der Waals surface area contributed by atoms with E-state index in [4.69, 9.17) is 0 Å². The van der Waals surface area contributed by atoms with Crippen molar-refractivity contribution in [2.24, 2.45) is 17.8 Å². The van der Waals surface area contributed by atoms with Gasteiger partial charge in [-0.05, 0) is 94.4 Å². The third-order valence-electron chi connectivity index (χ3n) is 8.03. The van der Waals surface area contributed by atoms with E-state index in [1.807, 2.05) is 13.8 Å². The molecule has 0 aromatic carbocycles. The molecule has 2 amide bonds. The third-order valence-corrected chi connectivity index (χ3v) is 8.03. The van der Waals surface area contributed by atoms with E-state index in [0.717, 1.165) is 43.3 Å². The van der Waals surface area contributed by atoms with Crippen molar-refractivity contribution in [2.45, 2.75) is 70.4 Å². The van der Waals surface area contributed by atoms with Crippen LogP contribution in [0.1, 0.15) is 80.5 Å². The number of amides is 2. The molecule has 0 bridgehead atoms. The minimum absolute atomic E-state index is 0.0116. The van der Waals surface area contributed by atoms with Crippen LogP contribution in [0.3, 0.4) is 0 Å². The van der Waals surface area contributed by atoms with Gasteiger partial charge in [-0.25, -0.2) is 4.98 Å². The van der Waals surface area contributed by atoms with Crippen LogP contribution in [-0.2, 0) is 4.79 Å². The Hall–Kier alpha value is -3.82. The number of hydrogen-bond acceptors (Lipinski definition) is 5. The van der Waals surface area contributed by atoms with Crippen LogP contribution >= 0.6 is 0 Å². The molecule has 2 N–H and O–H groups in total. The van der Waals surface area contributed by atoms with Crippen molar-refractivity contribution in [3.05, 3.63) is 65.3 Å². The number of pyridine rings is 2. The maximum atomic E-state index is 15.3. The maximum absolute atomic E-state index is 15.3. The Kier molecular flexibility index (Phi) is 6.56. The Morgan fingerprint density at radius 1 is 1.05 bits per heavy atom. The van der Waals surface area contributed by atoms with Crippen molar-refractivity contribution in [1.29, 1.82) is 0 Å². The molecule has 9 nitrogen and oxygen atoms in total. The van der Waals surface area contributed by atoms with Gasteiger partial charge in [0.25, 0.3) is 5.91 Å². The Labute approximate surface area is 226 Å². The second-order valence-electron chi connectivity index (χ2n) is 11.4. The molecular weight excluding hydrogens is 499 g/mol. The first kappa shape index (κ1) is 25.5. The lowest BCUT2D eigenvalue weighted by Crippen LogP contribution is -2.50. The van der Waals surface area contributed by atoms with Crippen molar-refractivity contribution in [3.8, 4) is 11.1 Å². The summed E-state index contributed by atoms with van der Waals surface area (Å²) in [5.41, 5.74) is 1.69. The normalized spacial score (nSPS) is 17.9. The molecule has 0 saturated heterocycles. The molecule has 204 valence electrons. The lowest BCUT2D eigenvalue weighted by atomic mass is 9.88. The molecule has 3 saturated carbocycles. The number of hydrogen-bond donors (Lipinski definition) is 2. The van der Waals surface area contributed by atoms with Crippen molar-refractivity contribution in [3.63, 3.8) is 0 Å². The summed E-state index contributed by atoms with van der Waals surface area (Å²) in [6.45, 7) is 3.88. The quantitative estimate of drug-likeness (QED) is 0.229. The molecule has 3 heterocycles. The van der Waals surface area contributed by atoms with E-state index in [0.29, 0.717) is 28.8 Å². The summed E-state index contributed by atoms with van der Waals surface area (Å²) in [4.78, 5) is 31.0. The number of nitrogens with zero attached hydrogens (tertiary/aromatic N) is 4. The van der Waals surface area contributed by atoms with E-state index in [-0.39, 0.29) is 35.2 Å². The van der Waals surface area contributed by atoms with Gasteiger partial charge in [0, 0.05) is 29.8 Å². The molecule has 3 aliphatic rings. The van der Waals surface area contributed by atoms with Crippen LogP contribution in [0.25, 0.3) is 11.1 Å². The molecule has 3 aromatic rings. The zero-order valence-electron chi connectivity index (χ0n) is 22.1. The first-order valence-electron chi connectivity index (χ1n) is 13.9. The molecule has 10 heteroatoms. The van der Waals surface area contributed by atoms with Crippen LogP contribution < -0.4 is 15.4 Å². The number of anilines is 1. The average Bonchev–Trinajstić information content (AvgIpc) is 3.75. The summed E-state index contributed by atoms with van der Waals surface area (Å²) in [6, 6.07) is 7.28. The Balaban J connectivity index is 1.25. The highest BCUT2D eigenvalue weighted by atomic mass is 19.1. The van der Waals surface area contributed by atoms with Gasteiger partial charge < -0.3 is 15.8 Å². The van der Waals surface area contributed by atoms with Gasteiger partial charge in [0.15, 0.2) is 6.20 Å². The third kappa shape index (κ3) is 5.24. The van der Waals surface area contributed by atoms with Crippen LogP contribution in [-0.4, -0.2) is 32.6 Å². The second-order valence-corrected chi connectivity index (χ2v) is 11.4. The highest BCUT2D eigenvalue weighted by Crippen LogP contribution is 2.51. The van der Waals surface area contributed by atoms with E-state index in [1.165, 1.54) is 6.20 Å². The largest absolute Gasteiger partial charge is 0.618 e. The maximum Gasteiger partial charge on any atom is 0.270 e. The molecule has 1 atom stereocenters. The van der Waals surface area contributed by atoms with Gasteiger partial charge >= 0.3 is 0 Å². The summed E-state index contributed by atoms with van der Waals surface area (Å²) < 4.78 is 17.7. The van der Waals surface area contributed by atoms with Gasteiger partial charge in [0.1, 0.15) is 17.6 Å². The number of carbonyl (C=O) groups excluding carboxylic acids is 2. The number of halogens is 1. The van der Waals surface area contributed by atoms with Crippen LogP contribution in [0.4, 0.5) is 10.2 Å². The molecule has 3 aromatic heterocycles. The SMILES string of the molecule is CC(C)n1nccc1C(=O)N[C@H](C(=O)Nc1ccc(-c2ccc[n+]([O-])c2C2CC2)c(F)n1)C(C1CC1)C1CC1. The van der Waals surface area contributed by atoms with E-state index >= 15 is 4.39 Å². The van der Waals surface area contributed by atoms with Gasteiger partial charge in [-0.2, -0.15) is 14.2 Å². The molecule has 0 aliphatic heterocycles. The average molecular weight is 533 g/mol. The smallest absolute Gasteiger partial charge is 0.270 e. The first-order chi connectivity index (χ1) is 18.8. The zero-order valence-corrected chi connectivity index (χ0v) is 22.1. The van der Waals surface area contributed by atoms with Gasteiger partial charge in [-0.3, -0.25) is 14.3 Å². The van der Waals surface area contributed by atoms with Crippen molar-refractivity contribution < 1.29 is 18.7 Å². The topological polar surface area (TPSA) is 116 Å². The predicted molar refractivity (Wildman–Crippen MR) is 142 cm³/mol. The summed E-state index contributed by atoms with van der Waals surface area (Å²) >= 11 is 0. The molecular formula is C29H33FN6O3. The van der Waals surface area contributed by atoms with E-state index in [2.05, 4.69) is 20.7 Å². The van der Waals surface area contributed by atoms with Crippen molar-refractivity contribution in [2.75, 3.05) is 5.32 Å². The lowest BCUT2D eigenvalue weighted by Gasteiger charge is -2.27. The molecule has 3 aliphatic carbocycles. The predicted octanol–water partition coefficient (Wildman–Crippen LogP) is 4.35. The van der Waals surface area contributed by atoms with Gasteiger partial charge in [0.2, 0.25) is 17.5 Å². The summed E-state index contributed by atoms with van der Waals surface area (Å²) in [5.74, 6) is -0.549. The van der Waals surface area contributed by atoms with Crippen LogP contribution in [0.15, 0.2) is 42.7 Å². The van der Waals surface area contributed by atoms with E-state index in [9.17, 15) is 14.8 Å². The molecule has 39 heavy (non-hydrogen) atoms. The zero-order chi connectivity index (χ0) is 27.3. The van der Waals surface area contributed by atoms with Crippen molar-refractivity contribution >= 4 is 17.6 Å². The Bertz CT molecular complexity index is 1400. The molecule has 3 fully saturated rings. The molecule has 0 radical (unpaired) electrons. The fourth-order valence-corrected chi connectivity index (χ4v) is 5.74. The van der Waals surface area contributed by atoms with Crippen LogP contribution in [0.2, 0.25) is 0 Å². The van der Waals surface area contributed by atoms with E-state index in [1.54, 1.807) is 41.2 Å². The minimum Gasteiger partial charge on any atom is -0.618 e. The number of carbonyl (C=O) groups is 2. The summed E-state index contributed by atoms with van der Waals surface area (Å²) in [5, 5.41) is 22.4. The summed E-state index contributed by atoms with van der Waals surface area (Å²) in [6.07, 6.45) is 8.94. The fourth-order valence-electron chi connectivity index (χ4n) is 5.74. The van der Waals surface area contributed by atoms with Crippen molar-refractivity contribution in [1.82, 2.24) is 20.1 Å².